The average molecular weight is 262 g/mol. The first kappa shape index (κ1) is 13.2. The van der Waals surface area contributed by atoms with Crippen molar-refractivity contribution in [3.8, 4) is 0 Å². The number of rotatable bonds is 5. The number of ketones is 1. The van der Waals surface area contributed by atoms with Crippen molar-refractivity contribution in [1.82, 2.24) is 0 Å². The molecule has 1 unspecified atom stereocenters. The van der Waals surface area contributed by atoms with Crippen molar-refractivity contribution in [1.29, 1.82) is 0 Å². The Kier molecular flexibility index (Phi) is 4.46. The van der Waals surface area contributed by atoms with Crippen LogP contribution in [0.5, 0.6) is 0 Å². The molecule has 1 aromatic rings. The van der Waals surface area contributed by atoms with Crippen molar-refractivity contribution in [2.45, 2.75) is 11.7 Å². The van der Waals surface area contributed by atoms with Crippen LogP contribution in [-0.2, 0) is 10.0 Å². The maximum absolute atomic E-state index is 11.9. The lowest BCUT2D eigenvalue weighted by Crippen LogP contribution is -2.36. The quantitative estimate of drug-likeness (QED) is 0.638. The van der Waals surface area contributed by atoms with E-state index in [9.17, 15) is 13.2 Å². The number of sulfonamides is 1. The van der Waals surface area contributed by atoms with Gasteiger partial charge in [-0.2, -0.15) is 0 Å². The summed E-state index contributed by atoms with van der Waals surface area (Å²) in [4.78, 5) is 11.9. The smallest absolute Gasteiger partial charge is 0.219 e. The molecule has 4 nitrogen and oxygen atoms in total. The summed E-state index contributed by atoms with van der Waals surface area (Å²) in [6.45, 7) is 0. The molecule has 1 rings (SSSR count). The zero-order valence-corrected chi connectivity index (χ0v) is 10.0. The van der Waals surface area contributed by atoms with Gasteiger partial charge in [0.05, 0.1) is 0 Å². The third kappa shape index (κ3) is 3.30. The molecule has 0 aliphatic carbocycles. The van der Waals surface area contributed by atoms with Gasteiger partial charge in [-0.05, 0) is 6.42 Å². The van der Waals surface area contributed by atoms with E-state index in [0.717, 1.165) is 0 Å². The van der Waals surface area contributed by atoms with Crippen LogP contribution in [0.2, 0.25) is 0 Å². The van der Waals surface area contributed by atoms with E-state index < -0.39 is 21.1 Å². The van der Waals surface area contributed by atoms with Gasteiger partial charge >= 0.3 is 0 Å². The lowest BCUT2D eigenvalue weighted by atomic mass is 10.1. The second-order valence-electron chi connectivity index (χ2n) is 3.29. The summed E-state index contributed by atoms with van der Waals surface area (Å²) < 4.78 is 22.5. The molecule has 0 bridgehead atoms. The van der Waals surface area contributed by atoms with Gasteiger partial charge in [0.1, 0.15) is 5.25 Å². The number of nitrogens with two attached hydrogens (primary N) is 1. The highest BCUT2D eigenvalue weighted by Crippen LogP contribution is 2.12. The molecule has 16 heavy (non-hydrogen) atoms. The van der Waals surface area contributed by atoms with Gasteiger partial charge in [-0.1, -0.05) is 30.3 Å². The molecule has 0 saturated carbocycles. The van der Waals surface area contributed by atoms with Crippen LogP contribution in [0, 0.1) is 0 Å². The number of carbonyl (C=O) groups excluding carboxylic acids is 1. The van der Waals surface area contributed by atoms with Gasteiger partial charge in [-0.3, -0.25) is 4.79 Å². The highest BCUT2D eigenvalue weighted by atomic mass is 35.5. The second kappa shape index (κ2) is 5.43. The normalized spacial score (nSPS) is 13.4. The maximum Gasteiger partial charge on any atom is 0.219 e. The van der Waals surface area contributed by atoms with E-state index in [0.29, 0.717) is 5.56 Å². The van der Waals surface area contributed by atoms with Crippen molar-refractivity contribution < 1.29 is 13.2 Å². The molecular formula is C10H12ClNO3S. The van der Waals surface area contributed by atoms with E-state index in [1.54, 1.807) is 30.3 Å². The molecule has 88 valence electrons. The van der Waals surface area contributed by atoms with Gasteiger partial charge < -0.3 is 0 Å². The molecule has 0 saturated heterocycles. The molecule has 0 heterocycles. The van der Waals surface area contributed by atoms with Crippen molar-refractivity contribution >= 4 is 27.4 Å². The third-order valence-electron chi connectivity index (χ3n) is 2.12. The van der Waals surface area contributed by atoms with E-state index in [-0.39, 0.29) is 12.3 Å². The van der Waals surface area contributed by atoms with E-state index >= 15 is 0 Å². The molecule has 0 aliphatic rings. The molecule has 0 spiro atoms. The largest absolute Gasteiger partial charge is 0.293 e. The molecule has 0 aliphatic heterocycles. The summed E-state index contributed by atoms with van der Waals surface area (Å²) in [5.74, 6) is -0.441. The highest BCUT2D eigenvalue weighted by Gasteiger charge is 2.29. The minimum Gasteiger partial charge on any atom is -0.293 e. The van der Waals surface area contributed by atoms with Crippen LogP contribution in [0.25, 0.3) is 0 Å². The van der Waals surface area contributed by atoms with Gasteiger partial charge in [-0.25, -0.2) is 13.6 Å². The lowest BCUT2D eigenvalue weighted by Gasteiger charge is -2.11. The van der Waals surface area contributed by atoms with E-state index in [1.165, 1.54) is 0 Å². The number of alkyl halides is 1. The first-order chi connectivity index (χ1) is 7.46. The Balaban J connectivity index is 3.02. The summed E-state index contributed by atoms with van der Waals surface area (Å²) >= 11 is 5.46. The maximum atomic E-state index is 11.9. The Morgan fingerprint density at radius 3 is 2.31 bits per heavy atom. The van der Waals surface area contributed by atoms with Crippen molar-refractivity contribution in [3.05, 3.63) is 35.9 Å². The first-order valence-electron chi connectivity index (χ1n) is 4.63. The van der Waals surface area contributed by atoms with E-state index in [4.69, 9.17) is 16.7 Å². The van der Waals surface area contributed by atoms with Crippen molar-refractivity contribution in [2.24, 2.45) is 5.14 Å². The Hall–Kier alpha value is -0.910. The minimum absolute atomic E-state index is 0.0219. The second-order valence-corrected chi connectivity index (χ2v) is 5.41. The highest BCUT2D eigenvalue weighted by molar-refractivity contribution is 7.90. The van der Waals surface area contributed by atoms with Gasteiger partial charge in [0.15, 0.2) is 5.78 Å². The summed E-state index contributed by atoms with van der Waals surface area (Å²) in [5.41, 5.74) is 0.326. The SMILES string of the molecule is NS(=O)(=O)C(CCCl)C(=O)c1ccccc1. The third-order valence-corrected chi connectivity index (χ3v) is 3.58. The number of hydrogen-bond donors (Lipinski definition) is 1. The van der Waals surface area contributed by atoms with Gasteiger partial charge in [0.2, 0.25) is 10.0 Å². The molecule has 1 atom stereocenters. The topological polar surface area (TPSA) is 77.2 Å². The number of benzene rings is 1. The fourth-order valence-corrected chi connectivity index (χ4v) is 2.56. The first-order valence-corrected chi connectivity index (χ1v) is 6.78. The molecule has 0 aromatic heterocycles. The van der Waals surface area contributed by atoms with Crippen LogP contribution in [0.4, 0.5) is 0 Å². The number of primary sulfonamides is 1. The monoisotopic (exact) mass is 261 g/mol. The Bertz CT molecular complexity index is 458. The Labute approximate surface area is 99.5 Å². The number of hydrogen-bond acceptors (Lipinski definition) is 3. The van der Waals surface area contributed by atoms with Crippen LogP contribution < -0.4 is 5.14 Å². The summed E-state index contributed by atoms with van der Waals surface area (Å²) in [6.07, 6.45) is 0.0219. The average Bonchev–Trinajstić information content (AvgIpc) is 2.25. The zero-order chi connectivity index (χ0) is 12.2. The number of carbonyl (C=O) groups is 1. The zero-order valence-electron chi connectivity index (χ0n) is 8.47. The van der Waals surface area contributed by atoms with Crippen LogP contribution >= 0.6 is 11.6 Å². The summed E-state index contributed by atoms with van der Waals surface area (Å²) in [6, 6.07) is 8.16. The van der Waals surface area contributed by atoms with Crippen LogP contribution in [0.1, 0.15) is 16.8 Å². The molecule has 6 heteroatoms. The molecular weight excluding hydrogens is 250 g/mol. The molecule has 0 fully saturated rings. The Morgan fingerprint density at radius 2 is 1.88 bits per heavy atom. The van der Waals surface area contributed by atoms with Gasteiger partial charge in [0.25, 0.3) is 0 Å². The minimum atomic E-state index is -3.91. The van der Waals surface area contributed by atoms with Gasteiger partial charge in [-0.15, -0.1) is 11.6 Å². The van der Waals surface area contributed by atoms with Crippen molar-refractivity contribution in [3.63, 3.8) is 0 Å². The fraction of sp³-hybridized carbons (Fsp3) is 0.300. The fourth-order valence-electron chi connectivity index (χ4n) is 1.33. The lowest BCUT2D eigenvalue weighted by molar-refractivity contribution is 0.0985. The molecule has 2 N–H and O–H groups in total. The summed E-state index contributed by atoms with van der Waals surface area (Å²) in [7, 11) is -3.91. The predicted molar refractivity (Wildman–Crippen MR) is 63.0 cm³/mol. The van der Waals surface area contributed by atoms with Crippen molar-refractivity contribution in [2.75, 3.05) is 5.88 Å². The molecule has 0 radical (unpaired) electrons. The van der Waals surface area contributed by atoms with Gasteiger partial charge in [0, 0.05) is 11.4 Å². The number of Topliss-reactive ketones (excluding diaryl/α,β-unsaturated/α-hetero) is 1. The molecule has 1 aromatic carbocycles. The van der Waals surface area contributed by atoms with Crippen LogP contribution in [0.3, 0.4) is 0 Å². The summed E-state index contributed by atoms with van der Waals surface area (Å²) in [5, 5.41) is 3.74. The molecule has 0 amide bonds. The Morgan fingerprint density at radius 1 is 1.31 bits per heavy atom. The number of halogens is 1. The van der Waals surface area contributed by atoms with Crippen LogP contribution in [0.15, 0.2) is 30.3 Å². The van der Waals surface area contributed by atoms with Crippen LogP contribution in [-0.4, -0.2) is 25.3 Å². The standard InChI is InChI=1S/C10H12ClNO3S/c11-7-6-9(16(12,14)15)10(13)8-4-2-1-3-5-8/h1-5,9H,6-7H2,(H2,12,14,15). The predicted octanol–water partition coefficient (Wildman–Crippen LogP) is 1.16. The van der Waals surface area contributed by atoms with E-state index in [2.05, 4.69) is 0 Å². The van der Waals surface area contributed by atoms with E-state index in [1.807, 2.05) is 0 Å².